The van der Waals surface area contributed by atoms with Crippen molar-refractivity contribution in [3.8, 4) is 11.1 Å². The van der Waals surface area contributed by atoms with Crippen molar-refractivity contribution in [3.63, 3.8) is 0 Å². The van der Waals surface area contributed by atoms with Gasteiger partial charge in [-0.25, -0.2) is 4.79 Å². The molecule has 1 aliphatic rings. The van der Waals surface area contributed by atoms with Crippen molar-refractivity contribution >= 4 is 34.8 Å². The van der Waals surface area contributed by atoms with Crippen LogP contribution in [0.2, 0.25) is 0 Å². The number of fused-ring (bicyclic) bond motifs is 1. The fraction of sp³-hybridized carbons (Fsp3) is 0.222. The van der Waals surface area contributed by atoms with Crippen LogP contribution in [0.15, 0.2) is 66.7 Å². The lowest BCUT2D eigenvalue weighted by molar-refractivity contribution is -0.117. The molecule has 1 heterocycles. The van der Waals surface area contributed by atoms with Gasteiger partial charge in [0.1, 0.15) is 0 Å². The monoisotopic (exact) mass is 457 g/mol. The number of carbonyl (C=O) groups excluding carboxylic acids is 2. The number of amides is 2. The number of nitrogens with one attached hydrogen (secondary N) is 2. The van der Waals surface area contributed by atoms with E-state index in [-0.39, 0.29) is 29.5 Å². The molecule has 0 radical (unpaired) electrons. The number of carbonyl (C=O) groups is 3. The number of carboxylic acid groups (broad SMARTS) is 1. The number of anilines is 3. The maximum atomic E-state index is 12.5. The van der Waals surface area contributed by atoms with E-state index in [9.17, 15) is 14.4 Å². The number of hydrogen-bond donors (Lipinski definition) is 3. The smallest absolute Gasteiger partial charge is 0.335 e. The summed E-state index contributed by atoms with van der Waals surface area (Å²) < 4.78 is 0. The van der Waals surface area contributed by atoms with Gasteiger partial charge < -0.3 is 20.6 Å². The predicted octanol–water partition coefficient (Wildman–Crippen LogP) is 5.31. The highest BCUT2D eigenvalue weighted by molar-refractivity contribution is 5.95. The van der Waals surface area contributed by atoms with Crippen molar-refractivity contribution in [1.82, 2.24) is 0 Å². The average molecular weight is 458 g/mol. The second-order valence-corrected chi connectivity index (χ2v) is 8.59. The maximum absolute atomic E-state index is 12.5. The molecule has 0 spiro atoms. The van der Waals surface area contributed by atoms with Crippen LogP contribution in [-0.4, -0.2) is 28.9 Å². The molecule has 7 nitrogen and oxygen atoms in total. The van der Waals surface area contributed by atoms with E-state index in [1.165, 1.54) is 6.92 Å². The first-order chi connectivity index (χ1) is 16.2. The van der Waals surface area contributed by atoms with Crippen molar-refractivity contribution in [2.45, 2.75) is 39.3 Å². The van der Waals surface area contributed by atoms with Gasteiger partial charge in [0.25, 0.3) is 0 Å². The van der Waals surface area contributed by atoms with Gasteiger partial charge in [-0.05, 0) is 78.6 Å². The van der Waals surface area contributed by atoms with Gasteiger partial charge in [-0.3, -0.25) is 9.59 Å². The summed E-state index contributed by atoms with van der Waals surface area (Å²) in [5.41, 5.74) is 5.51. The Hall–Kier alpha value is -4.13. The topological polar surface area (TPSA) is 98.7 Å². The second-order valence-electron chi connectivity index (χ2n) is 8.59. The molecule has 4 rings (SSSR count). The SMILES string of the molecule is CC(=O)Nc1cccc(-c2ccc3c(c2)[C@H](Nc2ccc(C(=O)O)cc2)C[C@H](C)N3C(C)=O)c1. The molecular weight excluding hydrogens is 430 g/mol. The third-order valence-corrected chi connectivity index (χ3v) is 6.01. The van der Waals surface area contributed by atoms with Crippen molar-refractivity contribution in [2.24, 2.45) is 0 Å². The van der Waals surface area contributed by atoms with E-state index >= 15 is 0 Å². The molecule has 2 atom stereocenters. The van der Waals surface area contributed by atoms with Crippen molar-refractivity contribution in [2.75, 3.05) is 15.5 Å². The van der Waals surface area contributed by atoms with Crippen LogP contribution in [-0.2, 0) is 9.59 Å². The summed E-state index contributed by atoms with van der Waals surface area (Å²) in [6.45, 7) is 5.07. The maximum Gasteiger partial charge on any atom is 0.335 e. The quantitative estimate of drug-likeness (QED) is 0.482. The lowest BCUT2D eigenvalue weighted by atomic mass is 9.88. The third kappa shape index (κ3) is 4.78. The van der Waals surface area contributed by atoms with E-state index in [0.717, 1.165) is 33.8 Å². The van der Waals surface area contributed by atoms with Crippen molar-refractivity contribution in [1.29, 1.82) is 0 Å². The van der Waals surface area contributed by atoms with Gasteiger partial charge in [0.15, 0.2) is 0 Å². The van der Waals surface area contributed by atoms with Gasteiger partial charge >= 0.3 is 5.97 Å². The van der Waals surface area contributed by atoms with E-state index in [4.69, 9.17) is 5.11 Å². The molecule has 2 amide bonds. The molecule has 3 N–H and O–H groups in total. The second kappa shape index (κ2) is 9.39. The molecule has 0 aliphatic carbocycles. The normalized spacial score (nSPS) is 17.0. The van der Waals surface area contributed by atoms with Crippen LogP contribution >= 0.6 is 0 Å². The Bertz CT molecular complexity index is 1250. The molecule has 3 aromatic rings. The van der Waals surface area contributed by atoms with Gasteiger partial charge in [0.05, 0.1) is 11.6 Å². The number of rotatable bonds is 5. The van der Waals surface area contributed by atoms with E-state index < -0.39 is 5.97 Å². The first-order valence-corrected chi connectivity index (χ1v) is 11.1. The summed E-state index contributed by atoms with van der Waals surface area (Å²) in [6.07, 6.45) is 0.697. The summed E-state index contributed by atoms with van der Waals surface area (Å²) in [7, 11) is 0. The van der Waals surface area contributed by atoms with Gasteiger partial charge in [0.2, 0.25) is 11.8 Å². The van der Waals surface area contributed by atoms with Gasteiger partial charge in [-0.1, -0.05) is 18.2 Å². The number of aromatic carboxylic acids is 1. The zero-order valence-electron chi connectivity index (χ0n) is 19.3. The molecule has 0 saturated heterocycles. The highest BCUT2D eigenvalue weighted by Gasteiger charge is 2.32. The van der Waals surface area contributed by atoms with Crippen LogP contribution < -0.4 is 15.5 Å². The molecule has 0 aromatic heterocycles. The third-order valence-electron chi connectivity index (χ3n) is 6.01. The molecule has 0 bridgehead atoms. The summed E-state index contributed by atoms with van der Waals surface area (Å²) in [5, 5.41) is 15.5. The van der Waals surface area contributed by atoms with E-state index in [0.29, 0.717) is 6.42 Å². The lowest BCUT2D eigenvalue weighted by Crippen LogP contribution is -2.43. The predicted molar refractivity (Wildman–Crippen MR) is 133 cm³/mol. The van der Waals surface area contributed by atoms with Crippen LogP contribution in [0.4, 0.5) is 17.1 Å². The zero-order chi connectivity index (χ0) is 24.4. The van der Waals surface area contributed by atoms with Crippen molar-refractivity contribution in [3.05, 3.63) is 77.9 Å². The highest BCUT2D eigenvalue weighted by atomic mass is 16.4. The number of carboxylic acids is 1. The van der Waals surface area contributed by atoms with Crippen LogP contribution in [0.25, 0.3) is 11.1 Å². The van der Waals surface area contributed by atoms with Gasteiger partial charge in [0, 0.05) is 37.0 Å². The largest absolute Gasteiger partial charge is 0.478 e. The molecule has 3 aromatic carbocycles. The Labute approximate surface area is 198 Å². The zero-order valence-corrected chi connectivity index (χ0v) is 19.3. The molecule has 34 heavy (non-hydrogen) atoms. The number of nitrogens with zero attached hydrogens (tertiary/aromatic N) is 1. The minimum absolute atomic E-state index is 0.00487. The molecule has 1 aliphatic heterocycles. The molecule has 174 valence electrons. The summed E-state index contributed by atoms with van der Waals surface area (Å²) >= 11 is 0. The number of hydrogen-bond acceptors (Lipinski definition) is 4. The molecule has 0 saturated carbocycles. The van der Waals surface area contributed by atoms with Crippen LogP contribution in [0.1, 0.15) is 49.2 Å². The molecule has 0 fully saturated rings. The summed E-state index contributed by atoms with van der Waals surface area (Å²) in [5.74, 6) is -1.11. The fourth-order valence-electron chi connectivity index (χ4n) is 4.55. The van der Waals surface area contributed by atoms with Gasteiger partial charge in [-0.2, -0.15) is 0 Å². The Balaban J connectivity index is 1.73. The first-order valence-electron chi connectivity index (χ1n) is 11.1. The Morgan fingerprint density at radius 1 is 0.912 bits per heavy atom. The standard InChI is InChI=1S/C27H27N3O4/c1-16-13-25(29-22-10-7-19(8-11-22)27(33)34)24-15-21(9-12-26(24)30(16)18(3)32)20-5-4-6-23(14-20)28-17(2)31/h4-12,14-16,25,29H,13H2,1-3H3,(H,28,31)(H,33,34)/t16-,25+/m0/s1. The highest BCUT2D eigenvalue weighted by Crippen LogP contribution is 2.41. The lowest BCUT2D eigenvalue weighted by Gasteiger charge is -2.39. The molecule has 7 heteroatoms. The summed E-state index contributed by atoms with van der Waals surface area (Å²) in [6, 6.07) is 20.2. The fourth-order valence-corrected chi connectivity index (χ4v) is 4.55. The Morgan fingerprint density at radius 2 is 1.62 bits per heavy atom. The molecular formula is C27H27N3O4. The first kappa shape index (κ1) is 23.0. The van der Waals surface area contributed by atoms with Crippen LogP contribution in [0, 0.1) is 0 Å². The number of benzene rings is 3. The van der Waals surface area contributed by atoms with E-state index in [1.54, 1.807) is 31.2 Å². The Kier molecular flexibility index (Phi) is 6.36. The van der Waals surface area contributed by atoms with E-state index in [2.05, 4.69) is 16.7 Å². The van der Waals surface area contributed by atoms with Crippen LogP contribution in [0.3, 0.4) is 0 Å². The van der Waals surface area contributed by atoms with Crippen molar-refractivity contribution < 1.29 is 19.5 Å². The minimum Gasteiger partial charge on any atom is -0.478 e. The Morgan fingerprint density at radius 3 is 2.26 bits per heavy atom. The van der Waals surface area contributed by atoms with Crippen LogP contribution in [0.5, 0.6) is 0 Å². The average Bonchev–Trinajstić information content (AvgIpc) is 2.78. The minimum atomic E-state index is -0.966. The van der Waals surface area contributed by atoms with E-state index in [1.807, 2.05) is 48.2 Å². The summed E-state index contributed by atoms with van der Waals surface area (Å²) in [4.78, 5) is 36.9. The molecule has 0 unspecified atom stereocenters. The van der Waals surface area contributed by atoms with Gasteiger partial charge in [-0.15, -0.1) is 0 Å².